The summed E-state index contributed by atoms with van der Waals surface area (Å²) in [6, 6.07) is 6.74. The number of carbonyl (C=O) groups excluding carboxylic acids is 1. The molecule has 0 saturated carbocycles. The van der Waals surface area contributed by atoms with Crippen LogP contribution in [0.3, 0.4) is 0 Å². The van der Waals surface area contributed by atoms with E-state index in [1.54, 1.807) is 23.1 Å². The van der Waals surface area contributed by atoms with Crippen LogP contribution in [0.4, 0.5) is 17.6 Å². The number of ether oxygens (including phenoxy) is 1. The van der Waals surface area contributed by atoms with Crippen molar-refractivity contribution in [1.82, 2.24) is 4.90 Å². The van der Waals surface area contributed by atoms with E-state index in [1.807, 2.05) is 0 Å². The maximum absolute atomic E-state index is 14.3. The van der Waals surface area contributed by atoms with Gasteiger partial charge in [0.1, 0.15) is 11.4 Å². The molecule has 2 atom stereocenters. The van der Waals surface area contributed by atoms with E-state index in [9.17, 15) is 26.6 Å². The highest BCUT2D eigenvalue weighted by atomic mass is 35.5. The van der Waals surface area contributed by atoms with Crippen LogP contribution in [0.2, 0.25) is 10.0 Å². The topological polar surface area (TPSA) is 68.2 Å². The van der Waals surface area contributed by atoms with Crippen LogP contribution in [0.25, 0.3) is 0 Å². The maximum atomic E-state index is 14.3. The van der Waals surface area contributed by atoms with E-state index in [0.29, 0.717) is 18.7 Å². The normalized spacial score (nSPS) is 23.2. The monoisotopic (exact) mass is 564 g/mol. The summed E-state index contributed by atoms with van der Waals surface area (Å²) in [6.45, 7) is 0.831. The largest absolute Gasteiger partial charge is 0.435 e. The van der Waals surface area contributed by atoms with Gasteiger partial charge in [-0.05, 0) is 34.9 Å². The molecule has 13 heteroatoms. The number of nitrogens with zero attached hydrogens (tertiary/aromatic N) is 2. The molecule has 0 aliphatic carbocycles. The highest BCUT2D eigenvalue weighted by Gasteiger charge is 2.62. The number of likely N-dealkylation sites (tertiary alicyclic amines) is 1. The predicted molar refractivity (Wildman–Crippen MR) is 125 cm³/mol. The lowest BCUT2D eigenvalue weighted by Gasteiger charge is -2.47. The summed E-state index contributed by atoms with van der Waals surface area (Å²) in [5, 5.41) is 2.62. The van der Waals surface area contributed by atoms with Crippen molar-refractivity contribution < 1.29 is 36.1 Å². The molecule has 1 saturated heterocycles. The average molecular weight is 565 g/mol. The highest BCUT2D eigenvalue weighted by molar-refractivity contribution is 7.85. The Hall–Kier alpha value is -2.21. The second-order valence-corrected chi connectivity index (χ2v) is 11.3. The fourth-order valence-corrected chi connectivity index (χ4v) is 5.77. The Morgan fingerprint density at radius 3 is 2.47 bits per heavy atom. The average Bonchev–Trinajstić information content (AvgIpc) is 3.38. The van der Waals surface area contributed by atoms with E-state index in [2.05, 4.69) is 5.16 Å². The summed E-state index contributed by atoms with van der Waals surface area (Å²) in [5.74, 6) is -1.31. The van der Waals surface area contributed by atoms with Crippen LogP contribution in [0.5, 0.6) is 0 Å². The molecule has 0 N–H and O–H groups in total. The van der Waals surface area contributed by atoms with E-state index in [4.69, 9.17) is 32.8 Å². The van der Waals surface area contributed by atoms with Crippen molar-refractivity contribution >= 4 is 45.6 Å². The number of benzene rings is 2. The van der Waals surface area contributed by atoms with Gasteiger partial charge in [-0.15, -0.1) is 0 Å². The van der Waals surface area contributed by atoms with Gasteiger partial charge in [-0.3, -0.25) is 9.00 Å². The van der Waals surface area contributed by atoms with Gasteiger partial charge in [0.15, 0.2) is 5.82 Å². The van der Waals surface area contributed by atoms with Crippen molar-refractivity contribution in [3.8, 4) is 0 Å². The zero-order valence-corrected chi connectivity index (χ0v) is 21.0. The number of alkyl halides is 3. The minimum atomic E-state index is -4.91. The Kier molecular flexibility index (Phi) is 6.13. The van der Waals surface area contributed by atoms with Crippen LogP contribution in [0, 0.1) is 5.82 Å². The van der Waals surface area contributed by atoms with Crippen molar-refractivity contribution in [2.75, 3.05) is 25.1 Å². The molecule has 1 amide bonds. The van der Waals surface area contributed by atoms with Gasteiger partial charge in [-0.1, -0.05) is 40.5 Å². The number of hydrogen-bond donors (Lipinski definition) is 0. The first-order valence-electron chi connectivity index (χ1n) is 10.7. The molecule has 1 spiro atoms. The molecule has 1 fully saturated rings. The summed E-state index contributed by atoms with van der Waals surface area (Å²) in [4.78, 5) is 18.7. The molecule has 5 rings (SSSR count). The molecule has 36 heavy (non-hydrogen) atoms. The van der Waals surface area contributed by atoms with Gasteiger partial charge in [0, 0.05) is 29.0 Å². The number of oxime groups is 1. The van der Waals surface area contributed by atoms with Crippen LogP contribution in [0.1, 0.15) is 28.7 Å². The SMILES string of the molecule is CS(=O)CC(=O)N1CC2(C1)OCc1cc(C3=NO[C@](c4cc(Cl)c(F)c(Cl)c4)(C(F)(F)F)C3)ccc12. The molecule has 3 aliphatic heterocycles. The van der Waals surface area contributed by atoms with Gasteiger partial charge in [0.2, 0.25) is 5.91 Å². The second kappa shape index (κ2) is 8.68. The standard InChI is InChI=1S/C23H18Cl2F4N2O4S/c1-36(33)9-19(32)31-10-21(11-31)15-3-2-12(4-13(15)8-34-21)18-7-22(35-30-18,23(27,28)29)14-5-16(24)20(26)17(25)6-14/h2-6H,7-11H2,1H3/t22-,36?/m1/s1. The predicted octanol–water partition coefficient (Wildman–Crippen LogP) is 4.66. The lowest BCUT2D eigenvalue weighted by Crippen LogP contribution is -2.61. The van der Waals surface area contributed by atoms with Crippen molar-refractivity contribution in [3.05, 3.63) is 68.4 Å². The third kappa shape index (κ3) is 4.00. The fraction of sp³-hybridized carbons (Fsp3) is 0.391. The number of rotatable bonds is 4. The number of hydrogen-bond acceptors (Lipinski definition) is 5. The summed E-state index contributed by atoms with van der Waals surface area (Å²) in [5.41, 5.74) is -1.97. The first-order chi connectivity index (χ1) is 16.8. The molecular weight excluding hydrogens is 547 g/mol. The summed E-state index contributed by atoms with van der Waals surface area (Å²) in [6.07, 6.45) is -4.12. The van der Waals surface area contributed by atoms with Crippen LogP contribution in [-0.2, 0) is 43.0 Å². The smallest absolute Gasteiger partial charge is 0.374 e. The molecule has 3 heterocycles. The van der Waals surface area contributed by atoms with Crippen molar-refractivity contribution in [2.45, 2.75) is 30.4 Å². The van der Waals surface area contributed by atoms with Gasteiger partial charge in [0.25, 0.3) is 5.60 Å². The van der Waals surface area contributed by atoms with Crippen molar-refractivity contribution in [2.24, 2.45) is 5.16 Å². The Labute approximate surface area is 215 Å². The molecule has 192 valence electrons. The van der Waals surface area contributed by atoms with Gasteiger partial charge < -0.3 is 14.5 Å². The van der Waals surface area contributed by atoms with Crippen molar-refractivity contribution in [3.63, 3.8) is 0 Å². The van der Waals surface area contributed by atoms with Crippen LogP contribution in [-0.4, -0.2) is 52.0 Å². The molecule has 2 aromatic rings. The first-order valence-corrected chi connectivity index (χ1v) is 13.2. The number of halogens is 6. The molecular formula is C23H18Cl2F4N2O4S. The van der Waals surface area contributed by atoms with Gasteiger partial charge in [-0.25, -0.2) is 4.39 Å². The summed E-state index contributed by atoms with van der Waals surface area (Å²) in [7, 11) is -1.25. The minimum absolute atomic E-state index is 0.0449. The van der Waals surface area contributed by atoms with Crippen LogP contribution < -0.4 is 0 Å². The van der Waals surface area contributed by atoms with Crippen LogP contribution >= 0.6 is 23.2 Å². The van der Waals surface area contributed by atoms with Gasteiger partial charge in [-0.2, -0.15) is 13.2 Å². The minimum Gasteiger partial charge on any atom is -0.374 e. The third-order valence-electron chi connectivity index (χ3n) is 6.64. The fourth-order valence-electron chi connectivity index (χ4n) is 4.75. The molecule has 0 bridgehead atoms. The summed E-state index contributed by atoms with van der Waals surface area (Å²) < 4.78 is 73.9. The lowest BCUT2D eigenvalue weighted by molar-refractivity contribution is -0.275. The van der Waals surface area contributed by atoms with E-state index in [0.717, 1.165) is 23.3 Å². The maximum Gasteiger partial charge on any atom is 0.435 e. The molecule has 6 nitrogen and oxygen atoms in total. The third-order valence-corrected chi connectivity index (χ3v) is 7.84. The van der Waals surface area contributed by atoms with E-state index < -0.39 is 56.0 Å². The molecule has 3 aliphatic rings. The quantitative estimate of drug-likeness (QED) is 0.400. The Bertz CT molecular complexity index is 1310. The van der Waals surface area contributed by atoms with E-state index in [1.165, 1.54) is 6.26 Å². The zero-order chi connectivity index (χ0) is 26.0. The Morgan fingerprint density at radius 1 is 1.19 bits per heavy atom. The molecule has 2 aromatic carbocycles. The van der Waals surface area contributed by atoms with E-state index in [-0.39, 0.29) is 24.0 Å². The molecule has 1 unspecified atom stereocenters. The van der Waals surface area contributed by atoms with Gasteiger partial charge in [0.05, 0.1) is 35.5 Å². The van der Waals surface area contributed by atoms with E-state index >= 15 is 0 Å². The first kappa shape index (κ1) is 25.4. The zero-order valence-electron chi connectivity index (χ0n) is 18.6. The number of amides is 1. The summed E-state index contributed by atoms with van der Waals surface area (Å²) >= 11 is 11.5. The number of fused-ring (bicyclic) bond motifs is 2. The Balaban J connectivity index is 1.39. The van der Waals surface area contributed by atoms with Gasteiger partial charge >= 0.3 is 6.18 Å². The van der Waals surface area contributed by atoms with Crippen LogP contribution in [0.15, 0.2) is 35.5 Å². The number of carbonyl (C=O) groups is 1. The molecule has 0 aromatic heterocycles. The lowest BCUT2D eigenvalue weighted by atomic mass is 9.83. The Morgan fingerprint density at radius 2 is 1.86 bits per heavy atom. The molecule has 0 radical (unpaired) electrons. The highest BCUT2D eigenvalue weighted by Crippen LogP contribution is 2.50. The van der Waals surface area contributed by atoms with Crippen molar-refractivity contribution in [1.29, 1.82) is 0 Å². The second-order valence-electron chi connectivity index (χ2n) is 9.01.